The monoisotopic (exact) mass is 181 g/mol. The van der Waals surface area contributed by atoms with Crippen molar-refractivity contribution in [2.24, 2.45) is 17.3 Å². The van der Waals surface area contributed by atoms with Crippen LogP contribution in [0.1, 0.15) is 19.3 Å². The molecule has 3 rings (SSSR count). The first-order valence-electron chi connectivity index (χ1n) is 5.06. The van der Waals surface area contributed by atoms with Crippen molar-refractivity contribution in [1.29, 1.82) is 0 Å². The van der Waals surface area contributed by atoms with Crippen LogP contribution in [0.5, 0.6) is 0 Å². The first-order valence-corrected chi connectivity index (χ1v) is 5.06. The second kappa shape index (κ2) is 2.27. The molecule has 0 bridgehead atoms. The zero-order chi connectivity index (χ0) is 9.05. The van der Waals surface area contributed by atoms with Crippen LogP contribution >= 0.6 is 0 Å². The summed E-state index contributed by atoms with van der Waals surface area (Å²) in [5.41, 5.74) is 0.292. The van der Waals surface area contributed by atoms with Crippen molar-refractivity contribution in [2.45, 2.75) is 25.3 Å². The van der Waals surface area contributed by atoms with Crippen LogP contribution in [0.3, 0.4) is 0 Å². The SMILES string of the molecule is COC(=O)[C@@H]1NCC12C[C@@H]1C[C@H]1C2. The van der Waals surface area contributed by atoms with E-state index in [-0.39, 0.29) is 12.0 Å². The van der Waals surface area contributed by atoms with Crippen molar-refractivity contribution >= 4 is 5.97 Å². The van der Waals surface area contributed by atoms with Gasteiger partial charge in [-0.2, -0.15) is 0 Å². The molecule has 3 fully saturated rings. The zero-order valence-corrected chi connectivity index (χ0v) is 7.88. The van der Waals surface area contributed by atoms with Gasteiger partial charge in [-0.05, 0) is 31.1 Å². The van der Waals surface area contributed by atoms with E-state index in [1.165, 1.54) is 26.4 Å². The fourth-order valence-corrected chi connectivity index (χ4v) is 3.26. The number of carbonyl (C=O) groups excluding carboxylic acids is 1. The predicted octanol–water partition coefficient (Wildman–Crippen LogP) is 0.547. The molecule has 2 saturated carbocycles. The van der Waals surface area contributed by atoms with E-state index >= 15 is 0 Å². The second-order valence-corrected chi connectivity index (χ2v) is 4.86. The molecule has 3 aliphatic rings. The van der Waals surface area contributed by atoms with E-state index in [1.807, 2.05) is 0 Å². The number of rotatable bonds is 1. The molecule has 3 heteroatoms. The molecular weight excluding hydrogens is 166 g/mol. The maximum atomic E-state index is 11.4. The number of esters is 1. The maximum absolute atomic E-state index is 11.4. The Hall–Kier alpha value is -0.570. The molecule has 2 aliphatic carbocycles. The lowest BCUT2D eigenvalue weighted by atomic mass is 9.70. The van der Waals surface area contributed by atoms with Crippen LogP contribution in [0.15, 0.2) is 0 Å². The van der Waals surface area contributed by atoms with E-state index in [1.54, 1.807) is 0 Å². The van der Waals surface area contributed by atoms with E-state index in [4.69, 9.17) is 4.74 Å². The highest BCUT2D eigenvalue weighted by Crippen LogP contribution is 2.62. The van der Waals surface area contributed by atoms with Gasteiger partial charge in [0.15, 0.2) is 0 Å². The zero-order valence-electron chi connectivity index (χ0n) is 7.88. The van der Waals surface area contributed by atoms with Crippen molar-refractivity contribution in [3.63, 3.8) is 0 Å². The van der Waals surface area contributed by atoms with Crippen LogP contribution in [0.2, 0.25) is 0 Å². The molecule has 0 unspecified atom stereocenters. The molecule has 0 radical (unpaired) electrons. The predicted molar refractivity (Wildman–Crippen MR) is 47.1 cm³/mol. The first kappa shape index (κ1) is 7.80. The van der Waals surface area contributed by atoms with Crippen molar-refractivity contribution < 1.29 is 9.53 Å². The second-order valence-electron chi connectivity index (χ2n) is 4.86. The molecule has 1 aliphatic heterocycles. The summed E-state index contributed by atoms with van der Waals surface area (Å²) in [5, 5.41) is 3.20. The molecule has 0 aromatic rings. The van der Waals surface area contributed by atoms with E-state index in [9.17, 15) is 4.79 Å². The third-order valence-electron chi connectivity index (χ3n) is 4.11. The summed E-state index contributed by atoms with van der Waals surface area (Å²) in [5.74, 6) is 1.82. The molecule has 72 valence electrons. The summed E-state index contributed by atoms with van der Waals surface area (Å²) in [7, 11) is 1.48. The Bertz CT molecular complexity index is 254. The van der Waals surface area contributed by atoms with Gasteiger partial charge in [-0.3, -0.25) is 4.79 Å². The highest BCUT2D eigenvalue weighted by Gasteiger charge is 2.62. The van der Waals surface area contributed by atoms with Crippen LogP contribution < -0.4 is 5.32 Å². The lowest BCUT2D eigenvalue weighted by Gasteiger charge is -2.47. The maximum Gasteiger partial charge on any atom is 0.323 e. The molecule has 1 heterocycles. The Morgan fingerprint density at radius 1 is 1.46 bits per heavy atom. The number of methoxy groups -OCH3 is 1. The number of fused-ring (bicyclic) bond motifs is 1. The topological polar surface area (TPSA) is 38.3 Å². The van der Waals surface area contributed by atoms with Crippen molar-refractivity contribution in [3.05, 3.63) is 0 Å². The Labute approximate surface area is 77.8 Å². The Kier molecular flexibility index (Phi) is 1.36. The number of carbonyl (C=O) groups is 1. The lowest BCUT2D eigenvalue weighted by Crippen LogP contribution is -2.65. The quantitative estimate of drug-likeness (QED) is 0.600. The third-order valence-corrected chi connectivity index (χ3v) is 4.11. The molecule has 3 nitrogen and oxygen atoms in total. The minimum atomic E-state index is -0.0625. The summed E-state index contributed by atoms with van der Waals surface area (Å²) in [6.45, 7) is 1.03. The number of ether oxygens (including phenoxy) is 1. The van der Waals surface area contributed by atoms with Gasteiger partial charge in [-0.25, -0.2) is 0 Å². The van der Waals surface area contributed by atoms with Crippen LogP contribution in [0.25, 0.3) is 0 Å². The number of hydrogen-bond donors (Lipinski definition) is 1. The summed E-state index contributed by atoms with van der Waals surface area (Å²) in [4.78, 5) is 11.4. The van der Waals surface area contributed by atoms with Crippen molar-refractivity contribution in [1.82, 2.24) is 5.32 Å². The van der Waals surface area contributed by atoms with E-state index in [0.717, 1.165) is 18.4 Å². The Morgan fingerprint density at radius 2 is 2.15 bits per heavy atom. The largest absolute Gasteiger partial charge is 0.468 e. The first-order chi connectivity index (χ1) is 6.25. The molecule has 1 spiro atoms. The summed E-state index contributed by atoms with van der Waals surface area (Å²) >= 11 is 0. The molecule has 1 N–H and O–H groups in total. The Morgan fingerprint density at radius 3 is 2.62 bits per heavy atom. The van der Waals surface area contributed by atoms with Crippen LogP contribution in [-0.4, -0.2) is 25.7 Å². The van der Waals surface area contributed by atoms with Crippen molar-refractivity contribution in [2.75, 3.05) is 13.7 Å². The average molecular weight is 181 g/mol. The van der Waals surface area contributed by atoms with E-state index < -0.39 is 0 Å². The smallest absolute Gasteiger partial charge is 0.323 e. The van der Waals surface area contributed by atoms with E-state index in [2.05, 4.69) is 5.32 Å². The fraction of sp³-hybridized carbons (Fsp3) is 0.900. The minimum Gasteiger partial charge on any atom is -0.468 e. The van der Waals surface area contributed by atoms with Gasteiger partial charge in [0.25, 0.3) is 0 Å². The molecule has 1 saturated heterocycles. The third kappa shape index (κ3) is 0.909. The summed E-state index contributed by atoms with van der Waals surface area (Å²) < 4.78 is 4.79. The number of nitrogens with one attached hydrogen (secondary N) is 1. The normalized spacial score (nSPS) is 43.9. The minimum absolute atomic E-state index is 0.00491. The van der Waals surface area contributed by atoms with Crippen LogP contribution in [0, 0.1) is 17.3 Å². The summed E-state index contributed by atoms with van der Waals surface area (Å²) in [6, 6.07) is 0.00491. The molecular formula is C10H15NO2. The molecule has 0 aromatic carbocycles. The van der Waals surface area contributed by atoms with Crippen molar-refractivity contribution in [3.8, 4) is 0 Å². The molecule has 3 atom stereocenters. The van der Waals surface area contributed by atoms with Gasteiger partial charge >= 0.3 is 5.97 Å². The van der Waals surface area contributed by atoms with Crippen LogP contribution in [0.4, 0.5) is 0 Å². The molecule has 0 amide bonds. The highest BCUT2D eigenvalue weighted by atomic mass is 16.5. The van der Waals surface area contributed by atoms with Gasteiger partial charge in [0.05, 0.1) is 7.11 Å². The van der Waals surface area contributed by atoms with Crippen LogP contribution in [-0.2, 0) is 9.53 Å². The average Bonchev–Trinajstić information content (AvgIpc) is 2.72. The fourth-order valence-electron chi connectivity index (χ4n) is 3.26. The summed E-state index contributed by atoms with van der Waals surface area (Å²) in [6.07, 6.45) is 3.92. The van der Waals surface area contributed by atoms with Gasteiger partial charge in [-0.1, -0.05) is 0 Å². The molecule has 13 heavy (non-hydrogen) atoms. The number of hydrogen-bond acceptors (Lipinski definition) is 3. The van der Waals surface area contributed by atoms with Gasteiger partial charge in [0, 0.05) is 12.0 Å². The Balaban J connectivity index is 1.74. The van der Waals surface area contributed by atoms with Gasteiger partial charge in [0.1, 0.15) is 6.04 Å². The highest BCUT2D eigenvalue weighted by molar-refractivity contribution is 5.78. The van der Waals surface area contributed by atoms with Gasteiger partial charge in [0.2, 0.25) is 0 Å². The van der Waals surface area contributed by atoms with Gasteiger partial charge < -0.3 is 10.1 Å². The van der Waals surface area contributed by atoms with Gasteiger partial charge in [-0.15, -0.1) is 0 Å². The standard InChI is InChI=1S/C10H15NO2/c1-13-9(12)8-10(5-11-8)3-6-2-7(6)4-10/h6-8,11H,2-5H2,1H3/t6-,7-,8-/m0/s1. The van der Waals surface area contributed by atoms with E-state index in [0.29, 0.717) is 5.41 Å². The molecule has 0 aromatic heterocycles. The lowest BCUT2D eigenvalue weighted by molar-refractivity contribution is -0.152.